The first-order chi connectivity index (χ1) is 6.31. The number of alkyl halides is 3. The topological polar surface area (TPSA) is 20.2 Å². The quantitative estimate of drug-likeness (QED) is 0.785. The third-order valence-electron chi connectivity index (χ3n) is 1.94. The molecule has 1 aromatic carbocycles. The van der Waals surface area contributed by atoms with E-state index in [-0.39, 0.29) is 5.56 Å². The van der Waals surface area contributed by atoms with E-state index in [0.29, 0.717) is 0 Å². The van der Waals surface area contributed by atoms with Crippen LogP contribution in [0.15, 0.2) is 30.3 Å². The summed E-state index contributed by atoms with van der Waals surface area (Å²) in [4.78, 5) is 0. The molecule has 1 atom stereocenters. The standard InChI is InChI=1S/C10H11F3O/c1-9(14,7-10(11,12)13)8-5-3-2-4-6-8/h2-6,14H,7H2,1H3/t9-/m1/s1. The van der Waals surface area contributed by atoms with Gasteiger partial charge in [0, 0.05) is 0 Å². The van der Waals surface area contributed by atoms with Crippen LogP contribution in [0.1, 0.15) is 18.9 Å². The lowest BCUT2D eigenvalue weighted by atomic mass is 9.92. The molecule has 1 rings (SSSR count). The second-order valence-corrected chi connectivity index (χ2v) is 3.43. The van der Waals surface area contributed by atoms with Gasteiger partial charge in [0.1, 0.15) is 0 Å². The minimum Gasteiger partial charge on any atom is -0.385 e. The molecule has 0 aromatic heterocycles. The number of benzene rings is 1. The summed E-state index contributed by atoms with van der Waals surface area (Å²) in [6.45, 7) is 1.16. The van der Waals surface area contributed by atoms with Gasteiger partial charge in [-0.1, -0.05) is 30.3 Å². The molecule has 0 unspecified atom stereocenters. The van der Waals surface area contributed by atoms with Crippen LogP contribution < -0.4 is 0 Å². The van der Waals surface area contributed by atoms with Gasteiger partial charge in [0.25, 0.3) is 0 Å². The first kappa shape index (κ1) is 11.0. The van der Waals surface area contributed by atoms with Crippen LogP contribution in [0.25, 0.3) is 0 Å². The Hall–Kier alpha value is -1.03. The fourth-order valence-corrected chi connectivity index (χ4v) is 1.29. The highest BCUT2D eigenvalue weighted by atomic mass is 19.4. The zero-order valence-corrected chi connectivity index (χ0v) is 7.67. The summed E-state index contributed by atoms with van der Waals surface area (Å²) in [5, 5.41) is 9.60. The molecule has 0 aliphatic rings. The highest BCUT2D eigenvalue weighted by Gasteiger charge is 2.38. The molecular weight excluding hydrogens is 193 g/mol. The minimum atomic E-state index is -4.36. The van der Waals surface area contributed by atoms with Crippen LogP contribution in [-0.4, -0.2) is 11.3 Å². The Kier molecular flexibility index (Phi) is 2.85. The van der Waals surface area contributed by atoms with Crippen molar-refractivity contribution < 1.29 is 18.3 Å². The van der Waals surface area contributed by atoms with Crippen LogP contribution in [0, 0.1) is 0 Å². The van der Waals surface area contributed by atoms with Crippen molar-refractivity contribution in [2.75, 3.05) is 0 Å². The summed E-state index contributed by atoms with van der Waals surface area (Å²) < 4.78 is 36.2. The van der Waals surface area contributed by atoms with E-state index in [0.717, 1.165) is 6.92 Å². The Bertz CT molecular complexity index is 290. The van der Waals surface area contributed by atoms with Crippen molar-refractivity contribution in [1.82, 2.24) is 0 Å². The Morgan fingerprint density at radius 3 is 2.07 bits per heavy atom. The van der Waals surface area contributed by atoms with Gasteiger partial charge < -0.3 is 5.11 Å². The van der Waals surface area contributed by atoms with Crippen molar-refractivity contribution >= 4 is 0 Å². The summed E-state index contributed by atoms with van der Waals surface area (Å²) in [6.07, 6.45) is -5.59. The smallest absolute Gasteiger partial charge is 0.385 e. The normalized spacial score (nSPS) is 16.4. The Morgan fingerprint density at radius 1 is 1.14 bits per heavy atom. The van der Waals surface area contributed by atoms with E-state index in [4.69, 9.17) is 0 Å². The summed E-state index contributed by atoms with van der Waals surface area (Å²) in [5.74, 6) is 0. The lowest BCUT2D eigenvalue weighted by molar-refractivity contribution is -0.174. The fourth-order valence-electron chi connectivity index (χ4n) is 1.29. The molecular formula is C10H11F3O. The number of hydrogen-bond acceptors (Lipinski definition) is 1. The van der Waals surface area contributed by atoms with Crippen LogP contribution in [0.5, 0.6) is 0 Å². The Balaban J connectivity index is 2.86. The summed E-state index contributed by atoms with van der Waals surface area (Å²) >= 11 is 0. The molecule has 1 nitrogen and oxygen atoms in total. The number of hydrogen-bond donors (Lipinski definition) is 1. The van der Waals surface area contributed by atoms with E-state index in [9.17, 15) is 18.3 Å². The fraction of sp³-hybridized carbons (Fsp3) is 0.400. The maximum atomic E-state index is 12.1. The number of halogens is 3. The molecule has 0 fully saturated rings. The largest absolute Gasteiger partial charge is 0.392 e. The average molecular weight is 204 g/mol. The summed E-state index contributed by atoms with van der Waals surface area (Å²) in [7, 11) is 0. The molecule has 0 spiro atoms. The molecule has 0 aliphatic carbocycles. The van der Waals surface area contributed by atoms with Crippen LogP contribution in [0.3, 0.4) is 0 Å². The third kappa shape index (κ3) is 3.03. The Morgan fingerprint density at radius 2 is 1.64 bits per heavy atom. The first-order valence-electron chi connectivity index (χ1n) is 4.16. The van der Waals surface area contributed by atoms with Gasteiger partial charge in [0.2, 0.25) is 0 Å². The lowest BCUT2D eigenvalue weighted by Crippen LogP contribution is -2.28. The predicted molar refractivity (Wildman–Crippen MR) is 46.7 cm³/mol. The molecule has 0 aliphatic heterocycles. The van der Waals surface area contributed by atoms with Crippen molar-refractivity contribution in [2.45, 2.75) is 25.1 Å². The molecule has 14 heavy (non-hydrogen) atoms. The van der Waals surface area contributed by atoms with Crippen molar-refractivity contribution in [2.24, 2.45) is 0 Å². The van der Waals surface area contributed by atoms with Gasteiger partial charge in [-0.3, -0.25) is 0 Å². The van der Waals surface area contributed by atoms with Gasteiger partial charge in [-0.2, -0.15) is 13.2 Å². The summed E-state index contributed by atoms with van der Waals surface area (Å²) in [5.41, 5.74) is -1.57. The van der Waals surface area contributed by atoms with Crippen LogP contribution >= 0.6 is 0 Å². The minimum absolute atomic E-state index is 0.275. The predicted octanol–water partition coefficient (Wildman–Crippen LogP) is 2.85. The molecule has 0 radical (unpaired) electrons. The molecule has 0 bridgehead atoms. The van der Waals surface area contributed by atoms with E-state index in [1.165, 1.54) is 12.1 Å². The van der Waals surface area contributed by atoms with E-state index < -0.39 is 18.2 Å². The van der Waals surface area contributed by atoms with Gasteiger partial charge in [-0.15, -0.1) is 0 Å². The van der Waals surface area contributed by atoms with E-state index in [1.807, 2.05) is 0 Å². The molecule has 0 saturated heterocycles. The van der Waals surface area contributed by atoms with E-state index in [1.54, 1.807) is 18.2 Å². The van der Waals surface area contributed by atoms with Gasteiger partial charge in [0.15, 0.2) is 0 Å². The Labute approximate surface area is 80.2 Å². The SMILES string of the molecule is C[C@@](O)(CC(F)(F)F)c1ccccc1. The van der Waals surface area contributed by atoms with Crippen molar-refractivity contribution in [3.05, 3.63) is 35.9 Å². The second-order valence-electron chi connectivity index (χ2n) is 3.43. The molecule has 1 N–H and O–H groups in total. The average Bonchev–Trinajstić information content (AvgIpc) is 2.01. The van der Waals surface area contributed by atoms with E-state index in [2.05, 4.69) is 0 Å². The van der Waals surface area contributed by atoms with Gasteiger partial charge in [-0.25, -0.2) is 0 Å². The lowest BCUT2D eigenvalue weighted by Gasteiger charge is -2.24. The van der Waals surface area contributed by atoms with Crippen molar-refractivity contribution in [3.8, 4) is 0 Å². The molecule has 4 heteroatoms. The van der Waals surface area contributed by atoms with Gasteiger partial charge >= 0.3 is 6.18 Å². The molecule has 0 saturated carbocycles. The zero-order valence-electron chi connectivity index (χ0n) is 7.67. The molecule has 78 valence electrons. The molecule has 0 heterocycles. The molecule has 0 amide bonds. The van der Waals surface area contributed by atoms with Crippen LogP contribution in [-0.2, 0) is 5.60 Å². The van der Waals surface area contributed by atoms with Crippen LogP contribution in [0.4, 0.5) is 13.2 Å². The highest BCUT2D eigenvalue weighted by molar-refractivity contribution is 5.21. The number of rotatable bonds is 2. The number of aliphatic hydroxyl groups is 1. The maximum absolute atomic E-state index is 12.1. The van der Waals surface area contributed by atoms with Crippen molar-refractivity contribution in [1.29, 1.82) is 0 Å². The first-order valence-corrected chi connectivity index (χ1v) is 4.16. The molecule has 1 aromatic rings. The zero-order chi connectivity index (χ0) is 10.8. The third-order valence-corrected chi connectivity index (χ3v) is 1.94. The van der Waals surface area contributed by atoms with E-state index >= 15 is 0 Å². The maximum Gasteiger partial charge on any atom is 0.392 e. The van der Waals surface area contributed by atoms with Gasteiger partial charge in [-0.05, 0) is 12.5 Å². The second kappa shape index (κ2) is 3.61. The van der Waals surface area contributed by atoms with Crippen LogP contribution in [0.2, 0.25) is 0 Å². The summed E-state index contributed by atoms with van der Waals surface area (Å²) in [6, 6.07) is 7.84. The highest BCUT2D eigenvalue weighted by Crippen LogP contribution is 2.33. The van der Waals surface area contributed by atoms with Gasteiger partial charge in [0.05, 0.1) is 12.0 Å². The van der Waals surface area contributed by atoms with Crippen molar-refractivity contribution in [3.63, 3.8) is 0 Å². The monoisotopic (exact) mass is 204 g/mol.